The van der Waals surface area contributed by atoms with Gasteiger partial charge in [0.25, 0.3) is 42.2 Å². The first kappa shape index (κ1) is 51.2. The van der Waals surface area contributed by atoms with E-state index in [4.69, 9.17) is 14.0 Å². The van der Waals surface area contributed by atoms with Crippen molar-refractivity contribution in [1.82, 2.24) is 9.64 Å². The lowest BCUT2D eigenvalue weighted by molar-refractivity contribution is -0.197. The Labute approximate surface area is 380 Å². The first-order chi connectivity index (χ1) is 30.3. The van der Waals surface area contributed by atoms with Crippen LogP contribution in [0.5, 0.6) is 0 Å². The quantitative estimate of drug-likeness (QED) is 0.0541. The third-order valence-corrected chi connectivity index (χ3v) is 13.9. The molecule has 21 heteroatoms. The SMILES string of the molecule is COCC[N+](CCCS(=O)(=O)O)=c1ccc2c(C(C)(C)C)cc(/C=C/C=C3/N(CCCCCC(=O)ON4C(=O)CCC4=O)c4ccc(S(=O)(=O)O)cc4C3(C)CCCS(=O)(=O)O)oc-2c1. The van der Waals surface area contributed by atoms with E-state index >= 15 is 0 Å². The van der Waals surface area contributed by atoms with Crippen molar-refractivity contribution in [2.75, 3.05) is 49.8 Å². The van der Waals surface area contributed by atoms with Gasteiger partial charge in [0, 0.05) is 67.8 Å². The molecule has 0 bridgehead atoms. The van der Waals surface area contributed by atoms with Crippen molar-refractivity contribution in [2.45, 2.75) is 101 Å². The van der Waals surface area contributed by atoms with Crippen molar-refractivity contribution in [2.24, 2.45) is 0 Å². The van der Waals surface area contributed by atoms with Crippen molar-refractivity contribution in [1.29, 1.82) is 0 Å². The summed E-state index contributed by atoms with van der Waals surface area (Å²) in [5.41, 5.74) is 2.18. The van der Waals surface area contributed by atoms with Gasteiger partial charge in [-0.15, -0.1) is 5.06 Å². The Hall–Kier alpha value is -4.77. The van der Waals surface area contributed by atoms with Crippen LogP contribution in [0.15, 0.2) is 69.6 Å². The molecule has 1 atom stereocenters. The minimum atomic E-state index is -4.65. The number of carbonyl (C=O) groups is 3. The predicted molar refractivity (Wildman–Crippen MR) is 241 cm³/mol. The average molecular weight is 965 g/mol. The number of imide groups is 1. The lowest BCUT2D eigenvalue weighted by atomic mass is 9.77. The number of ether oxygens (including phenoxy) is 1. The van der Waals surface area contributed by atoms with Crippen LogP contribution in [0.2, 0.25) is 0 Å². The molecule has 18 nitrogen and oxygen atoms in total. The number of anilines is 1. The molecule has 1 fully saturated rings. The maximum absolute atomic E-state index is 12.5. The third kappa shape index (κ3) is 13.6. The molecule has 3 heterocycles. The van der Waals surface area contributed by atoms with Crippen molar-refractivity contribution in [3.63, 3.8) is 0 Å². The summed E-state index contributed by atoms with van der Waals surface area (Å²) in [5, 5.41) is 1.25. The predicted octanol–water partition coefficient (Wildman–Crippen LogP) is 5.14. The molecule has 1 aliphatic carbocycles. The molecule has 1 aromatic rings. The molecule has 0 saturated carbocycles. The smallest absolute Gasteiger partial charge is 0.333 e. The van der Waals surface area contributed by atoms with E-state index in [9.17, 15) is 53.3 Å². The standard InChI is InChI=1S/C44H57N3O15S3/c1-43(2,3)35-29-32(61-38-28-31(15-17-34(35)38)45(24-25-60-5)22-11-27-64(54,55)56)12-9-13-39-44(4,21-10-26-63(51,52)53)36-30-33(65(57,58)59)16-18-37(36)46(39)23-8-6-7-14-42(50)62-47-40(48)19-20-41(47)49/h9,12-13,15-18,28-30H,6-8,10-11,14,19-27H2,1-5H3,(H2-,51,52,53,54,55,56,57,58,59)/p+1. The van der Waals surface area contributed by atoms with Gasteiger partial charge in [-0.25, -0.2) is 9.37 Å². The van der Waals surface area contributed by atoms with Gasteiger partial charge in [0.1, 0.15) is 24.7 Å². The molecule has 0 aromatic heterocycles. The van der Waals surface area contributed by atoms with E-state index in [2.05, 4.69) is 20.8 Å². The summed E-state index contributed by atoms with van der Waals surface area (Å²) in [6.45, 7) is 9.49. The number of hydroxylamine groups is 2. The summed E-state index contributed by atoms with van der Waals surface area (Å²) in [4.78, 5) is 42.8. The number of fused-ring (bicyclic) bond motifs is 2. The van der Waals surface area contributed by atoms with Gasteiger partial charge < -0.3 is 18.9 Å². The molecular weight excluding hydrogens is 907 g/mol. The van der Waals surface area contributed by atoms with E-state index in [0.717, 1.165) is 16.5 Å². The van der Waals surface area contributed by atoms with Crippen LogP contribution in [0, 0.1) is 0 Å². The first-order valence-electron chi connectivity index (χ1n) is 21.2. The summed E-state index contributed by atoms with van der Waals surface area (Å²) >= 11 is 0. The van der Waals surface area contributed by atoms with Crippen LogP contribution in [-0.2, 0) is 65.1 Å². The number of methoxy groups -OCH3 is 1. The van der Waals surface area contributed by atoms with E-state index in [1.54, 1.807) is 25.3 Å². The molecule has 1 saturated heterocycles. The number of benzene rings is 2. The Morgan fingerprint density at radius 1 is 0.877 bits per heavy atom. The third-order valence-electron chi connectivity index (χ3n) is 11.4. The highest BCUT2D eigenvalue weighted by atomic mass is 32.2. The van der Waals surface area contributed by atoms with Crippen LogP contribution in [0.1, 0.15) is 102 Å². The second-order valence-electron chi connectivity index (χ2n) is 17.4. The molecule has 4 aliphatic rings. The summed E-state index contributed by atoms with van der Waals surface area (Å²) in [7, 11) is -11.6. The molecule has 356 valence electrons. The highest BCUT2D eigenvalue weighted by molar-refractivity contribution is 7.86. The van der Waals surface area contributed by atoms with Crippen LogP contribution in [0.25, 0.3) is 17.4 Å². The zero-order valence-electron chi connectivity index (χ0n) is 37.2. The lowest BCUT2D eigenvalue weighted by Crippen LogP contribution is -2.34. The maximum atomic E-state index is 12.5. The second-order valence-corrected chi connectivity index (χ2v) is 22.0. The fraction of sp³-hybridized carbons (Fsp3) is 0.500. The monoisotopic (exact) mass is 964 g/mol. The molecule has 0 spiro atoms. The molecule has 1 aromatic carbocycles. The highest BCUT2D eigenvalue weighted by Crippen LogP contribution is 2.51. The van der Waals surface area contributed by atoms with Gasteiger partial charge in [0.2, 0.25) is 5.36 Å². The number of hydrogen-bond acceptors (Lipinski definition) is 13. The topological polar surface area (TPSA) is 255 Å². The normalized spacial score (nSPS) is 18.4. The summed E-state index contributed by atoms with van der Waals surface area (Å²) in [5.74, 6) is -1.81. The molecule has 1 unspecified atom stereocenters. The maximum Gasteiger partial charge on any atom is 0.333 e. The number of hydrogen-bond donors (Lipinski definition) is 3. The fourth-order valence-corrected chi connectivity index (χ4v) is 9.67. The minimum absolute atomic E-state index is 0.00159. The molecule has 65 heavy (non-hydrogen) atoms. The largest absolute Gasteiger partial charge is 0.456 e. The molecule has 5 rings (SSSR count). The van der Waals surface area contributed by atoms with E-state index < -0.39 is 65.1 Å². The molecule has 3 aliphatic heterocycles. The number of nitrogens with zero attached hydrogens (tertiary/aromatic N) is 3. The zero-order chi connectivity index (χ0) is 48.0. The average Bonchev–Trinajstić information content (AvgIpc) is 3.63. The summed E-state index contributed by atoms with van der Waals surface area (Å²) in [6, 6.07) is 11.9. The van der Waals surface area contributed by atoms with E-state index in [0.29, 0.717) is 79.0 Å². The van der Waals surface area contributed by atoms with Crippen LogP contribution < -0.4 is 14.8 Å². The Morgan fingerprint density at radius 3 is 2.18 bits per heavy atom. The van der Waals surface area contributed by atoms with Crippen LogP contribution in [-0.4, -0.2) is 107 Å². The van der Waals surface area contributed by atoms with Gasteiger partial charge in [0.15, 0.2) is 6.54 Å². The Kier molecular flexibility index (Phi) is 16.4. The number of carbonyl (C=O) groups excluding carboxylic acids is 3. The highest BCUT2D eigenvalue weighted by Gasteiger charge is 2.44. The van der Waals surface area contributed by atoms with E-state index in [1.807, 2.05) is 46.7 Å². The molecule has 3 N–H and O–H groups in total. The lowest BCUT2D eigenvalue weighted by Gasteiger charge is -2.30. The Morgan fingerprint density at radius 2 is 1.55 bits per heavy atom. The summed E-state index contributed by atoms with van der Waals surface area (Å²) < 4.78 is 114. The van der Waals surface area contributed by atoms with Crippen molar-refractivity contribution in [3.05, 3.63) is 82.6 Å². The van der Waals surface area contributed by atoms with Crippen LogP contribution in [0.3, 0.4) is 0 Å². The van der Waals surface area contributed by atoms with Crippen molar-refractivity contribution < 1.29 is 67.3 Å². The summed E-state index contributed by atoms with van der Waals surface area (Å²) in [6.07, 6.45) is 6.92. The Bertz CT molecular complexity index is 2700. The molecular formula is C44H58N3O15S3+. The van der Waals surface area contributed by atoms with Gasteiger partial charge in [-0.05, 0) is 91.6 Å². The van der Waals surface area contributed by atoms with Crippen LogP contribution >= 0.6 is 0 Å². The number of amides is 2. The van der Waals surface area contributed by atoms with Gasteiger partial charge in [-0.3, -0.25) is 23.2 Å². The number of unbranched alkanes of at least 4 members (excludes halogenated alkanes) is 2. The fourth-order valence-electron chi connectivity index (χ4n) is 8.16. The number of rotatable bonds is 21. The first-order valence-corrected chi connectivity index (χ1v) is 25.9. The Balaban J connectivity index is 1.54. The van der Waals surface area contributed by atoms with Crippen LogP contribution in [0.4, 0.5) is 5.69 Å². The van der Waals surface area contributed by atoms with Crippen molar-refractivity contribution in [3.8, 4) is 11.3 Å². The van der Waals surface area contributed by atoms with Gasteiger partial charge in [-0.2, -0.15) is 25.3 Å². The molecule has 2 amide bonds. The number of allylic oxidation sites excluding steroid dienone is 3. The van der Waals surface area contributed by atoms with Gasteiger partial charge >= 0.3 is 5.97 Å². The zero-order valence-corrected chi connectivity index (χ0v) is 39.6. The molecule has 0 radical (unpaired) electrons. The second kappa shape index (κ2) is 20.8. The van der Waals surface area contributed by atoms with Crippen molar-refractivity contribution >= 4 is 59.9 Å². The van der Waals surface area contributed by atoms with E-state index in [1.165, 1.54) is 12.1 Å². The van der Waals surface area contributed by atoms with Gasteiger partial charge in [-0.1, -0.05) is 33.3 Å². The van der Waals surface area contributed by atoms with Gasteiger partial charge in [0.05, 0.1) is 22.5 Å². The minimum Gasteiger partial charge on any atom is -0.456 e. The van der Waals surface area contributed by atoms with E-state index in [-0.39, 0.29) is 48.8 Å².